The molecule has 0 bridgehead atoms. The van der Waals surface area contributed by atoms with Crippen LogP contribution in [0.4, 0.5) is 0 Å². The summed E-state index contributed by atoms with van der Waals surface area (Å²) in [6, 6.07) is 8.49. The van der Waals surface area contributed by atoms with Gasteiger partial charge < -0.3 is 19.6 Å². The minimum Gasteiger partial charge on any atom is -0.461 e. The first-order valence-electron chi connectivity index (χ1n) is 12.4. The number of amides is 2. The summed E-state index contributed by atoms with van der Waals surface area (Å²) >= 11 is 1.53. The molecule has 7 nitrogen and oxygen atoms in total. The maximum absolute atomic E-state index is 14.3. The molecule has 0 aromatic heterocycles. The maximum atomic E-state index is 14.3. The minimum atomic E-state index is -0.892. The third kappa shape index (κ3) is 3.82. The predicted molar refractivity (Wildman–Crippen MR) is 133 cm³/mol. The molecular formula is C27H32N2O5S. The molecule has 0 aliphatic carbocycles. The molecule has 0 saturated carbocycles. The Morgan fingerprint density at radius 3 is 2.66 bits per heavy atom. The third-order valence-electron chi connectivity index (χ3n) is 8.00. The van der Waals surface area contributed by atoms with Crippen LogP contribution in [0.2, 0.25) is 0 Å². The van der Waals surface area contributed by atoms with Crippen LogP contribution < -0.4 is 0 Å². The molecule has 2 saturated heterocycles. The quantitative estimate of drug-likeness (QED) is 0.481. The van der Waals surface area contributed by atoms with E-state index in [9.17, 15) is 19.5 Å². The molecule has 186 valence electrons. The van der Waals surface area contributed by atoms with Gasteiger partial charge >= 0.3 is 5.97 Å². The summed E-state index contributed by atoms with van der Waals surface area (Å²) in [7, 11) is 0. The van der Waals surface area contributed by atoms with Gasteiger partial charge in [0, 0.05) is 18.3 Å². The normalized spacial score (nSPS) is 33.5. The molecule has 1 aromatic rings. The topological polar surface area (TPSA) is 87.2 Å². The zero-order valence-corrected chi connectivity index (χ0v) is 20.9. The molecule has 1 N–H and O–H groups in total. The van der Waals surface area contributed by atoms with Gasteiger partial charge in [-0.25, -0.2) is 0 Å². The summed E-state index contributed by atoms with van der Waals surface area (Å²) in [6.07, 6.45) is 8.49. The lowest BCUT2D eigenvalue weighted by Crippen LogP contribution is -2.57. The molecule has 1 aromatic carbocycles. The smallest absolute Gasteiger partial charge is 0.311 e. The van der Waals surface area contributed by atoms with Gasteiger partial charge in [0.15, 0.2) is 0 Å². The number of hydrogen-bond donors (Lipinski definition) is 1. The second-order valence-electron chi connectivity index (χ2n) is 9.89. The fourth-order valence-corrected chi connectivity index (χ4v) is 8.06. The van der Waals surface area contributed by atoms with Crippen molar-refractivity contribution in [1.29, 1.82) is 0 Å². The number of hydrogen-bond acceptors (Lipinski definition) is 6. The van der Waals surface area contributed by atoms with Gasteiger partial charge in [-0.05, 0) is 11.5 Å². The molecule has 1 spiro atoms. The van der Waals surface area contributed by atoms with E-state index >= 15 is 0 Å². The fourth-order valence-electron chi connectivity index (χ4n) is 6.07. The maximum Gasteiger partial charge on any atom is 0.311 e. The number of nitrogens with zero attached hydrogens (tertiary/aromatic N) is 2. The highest BCUT2D eigenvalue weighted by Crippen LogP contribution is 2.61. The van der Waals surface area contributed by atoms with E-state index in [4.69, 9.17) is 4.74 Å². The molecular weight excluding hydrogens is 464 g/mol. The lowest BCUT2D eigenvalue weighted by molar-refractivity contribution is -0.152. The number of fused-ring (bicyclic) bond motifs is 2. The van der Waals surface area contributed by atoms with Crippen LogP contribution in [0.25, 0.3) is 0 Å². The van der Waals surface area contributed by atoms with Crippen LogP contribution in [0.5, 0.6) is 0 Å². The van der Waals surface area contributed by atoms with E-state index in [1.54, 1.807) is 9.80 Å². The number of aliphatic hydroxyl groups is 1. The molecule has 2 fully saturated rings. The highest BCUT2D eigenvalue weighted by atomic mass is 32.2. The first-order valence-corrected chi connectivity index (χ1v) is 13.3. The van der Waals surface area contributed by atoms with Crippen LogP contribution in [0, 0.1) is 17.8 Å². The van der Waals surface area contributed by atoms with Gasteiger partial charge in [-0.3, -0.25) is 14.4 Å². The SMILES string of the molecule is CC[C@H](C)[C@H](CO)N1C(=O)[C@@H]2[C@@H]3C(=O)OCC=C[C@@H]3S[C@@]23C=CCN(Cc2ccccc2)C(=O)C13. The Labute approximate surface area is 210 Å². The number of rotatable bonds is 6. The van der Waals surface area contributed by atoms with Crippen molar-refractivity contribution in [3.63, 3.8) is 0 Å². The molecule has 7 atom stereocenters. The number of esters is 1. The first kappa shape index (κ1) is 24.1. The summed E-state index contributed by atoms with van der Waals surface area (Å²) in [5.74, 6) is -2.15. The van der Waals surface area contributed by atoms with Crippen molar-refractivity contribution >= 4 is 29.5 Å². The number of likely N-dealkylation sites (tertiary alicyclic amines) is 1. The van der Waals surface area contributed by atoms with Gasteiger partial charge in [0.1, 0.15) is 12.6 Å². The standard InChI is InChI=1S/C27H32N2O5S/c1-3-17(2)19(16-30)29-23-25(32)28(15-18-9-5-4-6-10-18)13-8-12-27(23)22(24(29)31)21-20(35-27)11-7-14-34-26(21)33/h4-12,17,19-23,30H,3,13-16H2,1-2H3/t17-,19-,20-,21+,22-,23?,27-/m0/s1. The molecule has 35 heavy (non-hydrogen) atoms. The number of cyclic esters (lactones) is 1. The Morgan fingerprint density at radius 1 is 1.17 bits per heavy atom. The number of carbonyl (C=O) groups excluding carboxylic acids is 3. The van der Waals surface area contributed by atoms with Crippen LogP contribution in [0.3, 0.4) is 0 Å². The monoisotopic (exact) mass is 496 g/mol. The van der Waals surface area contributed by atoms with Gasteiger partial charge in [0.2, 0.25) is 11.8 Å². The van der Waals surface area contributed by atoms with Crippen LogP contribution >= 0.6 is 11.8 Å². The van der Waals surface area contributed by atoms with E-state index < -0.39 is 34.6 Å². The van der Waals surface area contributed by atoms with Crippen molar-refractivity contribution in [2.75, 3.05) is 19.8 Å². The number of carbonyl (C=O) groups is 3. The largest absolute Gasteiger partial charge is 0.461 e. The van der Waals surface area contributed by atoms with E-state index in [0.717, 1.165) is 12.0 Å². The zero-order valence-electron chi connectivity index (χ0n) is 20.1. The van der Waals surface area contributed by atoms with Crippen molar-refractivity contribution in [3.05, 3.63) is 60.2 Å². The van der Waals surface area contributed by atoms with Crippen molar-refractivity contribution in [2.24, 2.45) is 17.8 Å². The molecule has 1 unspecified atom stereocenters. The number of thioether (sulfide) groups is 1. The lowest BCUT2D eigenvalue weighted by Gasteiger charge is -2.40. The number of aliphatic hydroxyl groups excluding tert-OH is 1. The zero-order chi connectivity index (χ0) is 24.7. The highest BCUT2D eigenvalue weighted by Gasteiger charge is 2.72. The molecule has 0 radical (unpaired) electrons. The van der Waals surface area contributed by atoms with Crippen LogP contribution in [-0.4, -0.2) is 74.5 Å². The Bertz CT molecular complexity index is 1060. The average Bonchev–Trinajstić information content (AvgIpc) is 3.17. The first-order chi connectivity index (χ1) is 16.9. The number of benzene rings is 1. The Kier molecular flexibility index (Phi) is 6.53. The Morgan fingerprint density at radius 2 is 1.94 bits per heavy atom. The molecule has 4 aliphatic rings. The van der Waals surface area contributed by atoms with Crippen molar-refractivity contribution in [1.82, 2.24) is 9.80 Å². The van der Waals surface area contributed by atoms with Gasteiger partial charge in [0.25, 0.3) is 0 Å². The van der Waals surface area contributed by atoms with Crippen LogP contribution in [0.15, 0.2) is 54.6 Å². The fraction of sp³-hybridized carbons (Fsp3) is 0.519. The third-order valence-corrected chi connectivity index (χ3v) is 9.74. The molecule has 5 rings (SSSR count). The molecule has 8 heteroatoms. The van der Waals surface area contributed by atoms with Crippen molar-refractivity contribution < 1.29 is 24.2 Å². The second kappa shape index (κ2) is 9.47. The lowest BCUT2D eigenvalue weighted by atomic mass is 9.78. The molecule has 4 aliphatic heterocycles. The van der Waals surface area contributed by atoms with E-state index in [1.165, 1.54) is 11.8 Å². The predicted octanol–water partition coefficient (Wildman–Crippen LogP) is 2.40. The minimum absolute atomic E-state index is 0.00999. The second-order valence-corrected chi connectivity index (χ2v) is 11.4. The van der Waals surface area contributed by atoms with Crippen molar-refractivity contribution in [3.8, 4) is 0 Å². The van der Waals surface area contributed by atoms with Gasteiger partial charge in [-0.1, -0.05) is 74.9 Å². The summed E-state index contributed by atoms with van der Waals surface area (Å²) in [5.41, 5.74) is 1.01. The molecule has 4 heterocycles. The van der Waals surface area contributed by atoms with E-state index in [2.05, 4.69) is 0 Å². The van der Waals surface area contributed by atoms with E-state index in [1.807, 2.05) is 68.5 Å². The van der Waals surface area contributed by atoms with Gasteiger partial charge in [0.05, 0.1) is 29.2 Å². The van der Waals surface area contributed by atoms with Crippen LogP contribution in [-0.2, 0) is 25.7 Å². The van der Waals surface area contributed by atoms with Gasteiger partial charge in [-0.2, -0.15) is 0 Å². The Hall–Kier alpha value is -2.58. The molecule has 2 amide bonds. The summed E-state index contributed by atoms with van der Waals surface area (Å²) < 4.78 is 4.53. The highest BCUT2D eigenvalue weighted by molar-refractivity contribution is 8.02. The summed E-state index contributed by atoms with van der Waals surface area (Å²) in [6.45, 7) is 4.81. The Balaban J connectivity index is 1.61. The van der Waals surface area contributed by atoms with E-state index in [0.29, 0.717) is 13.1 Å². The van der Waals surface area contributed by atoms with Gasteiger partial charge in [-0.15, -0.1) is 11.8 Å². The number of ether oxygens (including phenoxy) is 1. The summed E-state index contributed by atoms with van der Waals surface area (Å²) in [4.78, 5) is 44.9. The van der Waals surface area contributed by atoms with Crippen LogP contribution in [0.1, 0.15) is 25.8 Å². The average molecular weight is 497 g/mol. The van der Waals surface area contributed by atoms with Crippen molar-refractivity contribution in [2.45, 2.75) is 48.9 Å². The summed E-state index contributed by atoms with van der Waals surface area (Å²) in [5, 5.41) is 10.2. The van der Waals surface area contributed by atoms with E-state index in [-0.39, 0.29) is 36.2 Å².